The van der Waals surface area contributed by atoms with Crippen molar-refractivity contribution >= 4 is 12.1 Å². The van der Waals surface area contributed by atoms with Crippen LogP contribution >= 0.6 is 0 Å². The molecule has 0 unspecified atom stereocenters. The quantitative estimate of drug-likeness (QED) is 0.405. The van der Waals surface area contributed by atoms with Gasteiger partial charge in [-0.1, -0.05) is 48.5 Å². The maximum atomic E-state index is 12.2. The standard InChI is InChI=1S/C25H26N2O4/c1-18(2)31-23-14-13-19(15-24(23)29-3)16-26-27-25(28)17-30-22-12-8-7-11-21(22)20-9-5-4-6-10-20/h4-16,18H,17H2,1-3H3,(H,27,28)/b26-16+. The summed E-state index contributed by atoms with van der Waals surface area (Å²) in [4.78, 5) is 12.2. The van der Waals surface area contributed by atoms with Crippen LogP contribution in [0.1, 0.15) is 19.4 Å². The third-order valence-electron chi connectivity index (χ3n) is 4.28. The average molecular weight is 418 g/mol. The number of amides is 1. The van der Waals surface area contributed by atoms with Crippen LogP contribution in [0.4, 0.5) is 0 Å². The second-order valence-electron chi connectivity index (χ2n) is 7.02. The molecule has 0 aliphatic carbocycles. The summed E-state index contributed by atoms with van der Waals surface area (Å²) in [6.45, 7) is 3.75. The Bertz CT molecular complexity index is 1030. The van der Waals surface area contributed by atoms with Crippen LogP contribution in [-0.2, 0) is 4.79 Å². The number of nitrogens with one attached hydrogen (secondary N) is 1. The molecular formula is C25H26N2O4. The summed E-state index contributed by atoms with van der Waals surface area (Å²) in [5.74, 6) is 1.54. The number of carbonyl (C=O) groups is 1. The van der Waals surface area contributed by atoms with Gasteiger partial charge in [-0.2, -0.15) is 5.10 Å². The van der Waals surface area contributed by atoms with Gasteiger partial charge in [-0.15, -0.1) is 0 Å². The first kappa shape index (κ1) is 21.9. The first-order valence-electron chi connectivity index (χ1n) is 10.0. The first-order chi connectivity index (χ1) is 15.1. The zero-order chi connectivity index (χ0) is 22.1. The molecule has 3 aromatic carbocycles. The van der Waals surface area contributed by atoms with E-state index in [0.717, 1.165) is 16.7 Å². The van der Waals surface area contributed by atoms with E-state index in [0.29, 0.717) is 17.2 Å². The second kappa shape index (κ2) is 10.8. The molecule has 0 aliphatic heterocycles. The fraction of sp³-hybridized carbons (Fsp3) is 0.200. The lowest BCUT2D eigenvalue weighted by Gasteiger charge is -2.13. The zero-order valence-corrected chi connectivity index (χ0v) is 17.9. The maximum Gasteiger partial charge on any atom is 0.277 e. The highest BCUT2D eigenvalue weighted by atomic mass is 16.5. The van der Waals surface area contributed by atoms with Crippen molar-refractivity contribution in [2.24, 2.45) is 5.10 Å². The fourth-order valence-corrected chi connectivity index (χ4v) is 2.92. The van der Waals surface area contributed by atoms with Crippen molar-refractivity contribution in [3.63, 3.8) is 0 Å². The minimum Gasteiger partial charge on any atom is -0.493 e. The number of ether oxygens (including phenoxy) is 3. The van der Waals surface area contributed by atoms with Crippen LogP contribution in [0.25, 0.3) is 11.1 Å². The van der Waals surface area contributed by atoms with Crippen molar-refractivity contribution in [2.45, 2.75) is 20.0 Å². The average Bonchev–Trinajstić information content (AvgIpc) is 2.79. The van der Waals surface area contributed by atoms with Gasteiger partial charge in [0.1, 0.15) is 5.75 Å². The highest BCUT2D eigenvalue weighted by molar-refractivity contribution is 5.84. The lowest BCUT2D eigenvalue weighted by molar-refractivity contribution is -0.123. The van der Waals surface area contributed by atoms with Gasteiger partial charge in [0.05, 0.1) is 19.4 Å². The van der Waals surface area contributed by atoms with Crippen LogP contribution in [0.5, 0.6) is 17.2 Å². The number of nitrogens with zero attached hydrogens (tertiary/aromatic N) is 1. The molecule has 3 rings (SSSR count). The molecule has 3 aromatic rings. The Kier molecular flexibility index (Phi) is 7.65. The van der Waals surface area contributed by atoms with E-state index in [2.05, 4.69) is 10.5 Å². The van der Waals surface area contributed by atoms with Gasteiger partial charge in [0.25, 0.3) is 5.91 Å². The van der Waals surface area contributed by atoms with E-state index < -0.39 is 0 Å². The topological polar surface area (TPSA) is 69.2 Å². The van der Waals surface area contributed by atoms with Gasteiger partial charge in [0.2, 0.25) is 0 Å². The van der Waals surface area contributed by atoms with Crippen molar-refractivity contribution < 1.29 is 19.0 Å². The second-order valence-corrected chi connectivity index (χ2v) is 7.02. The molecule has 0 atom stereocenters. The monoisotopic (exact) mass is 418 g/mol. The van der Waals surface area contributed by atoms with E-state index in [1.165, 1.54) is 6.21 Å². The van der Waals surface area contributed by atoms with Crippen LogP contribution in [-0.4, -0.2) is 31.9 Å². The largest absolute Gasteiger partial charge is 0.493 e. The smallest absolute Gasteiger partial charge is 0.277 e. The van der Waals surface area contributed by atoms with Gasteiger partial charge < -0.3 is 14.2 Å². The zero-order valence-electron chi connectivity index (χ0n) is 17.9. The molecule has 1 amide bonds. The van der Waals surface area contributed by atoms with Gasteiger partial charge in [-0.25, -0.2) is 5.43 Å². The number of methoxy groups -OCH3 is 1. The Morgan fingerprint density at radius 3 is 2.45 bits per heavy atom. The summed E-state index contributed by atoms with van der Waals surface area (Å²) in [5.41, 5.74) is 5.20. The summed E-state index contributed by atoms with van der Waals surface area (Å²) in [6.07, 6.45) is 1.58. The minimum absolute atomic E-state index is 0.0414. The van der Waals surface area contributed by atoms with Gasteiger partial charge in [0, 0.05) is 5.56 Å². The Labute approximate surface area is 182 Å². The van der Waals surface area contributed by atoms with E-state index in [1.807, 2.05) is 80.6 Å². The van der Waals surface area contributed by atoms with E-state index in [-0.39, 0.29) is 18.6 Å². The Morgan fingerprint density at radius 2 is 1.71 bits per heavy atom. The third kappa shape index (κ3) is 6.34. The Morgan fingerprint density at radius 1 is 0.968 bits per heavy atom. The van der Waals surface area contributed by atoms with Crippen molar-refractivity contribution in [3.05, 3.63) is 78.4 Å². The number of hydrogen-bond donors (Lipinski definition) is 1. The minimum atomic E-state index is -0.356. The predicted octanol–water partition coefficient (Wildman–Crippen LogP) is 4.68. The SMILES string of the molecule is COc1cc(/C=N/NC(=O)COc2ccccc2-c2ccccc2)ccc1OC(C)C. The molecule has 0 fully saturated rings. The summed E-state index contributed by atoms with van der Waals surface area (Å²) in [7, 11) is 1.58. The lowest BCUT2D eigenvalue weighted by atomic mass is 10.1. The molecule has 0 bridgehead atoms. The lowest BCUT2D eigenvalue weighted by Crippen LogP contribution is -2.24. The molecule has 160 valence electrons. The Hall–Kier alpha value is -3.80. The summed E-state index contributed by atoms with van der Waals surface area (Å²) in [5, 5.41) is 4.00. The maximum absolute atomic E-state index is 12.2. The molecule has 0 spiro atoms. The fourth-order valence-electron chi connectivity index (χ4n) is 2.92. The van der Waals surface area contributed by atoms with Crippen molar-refractivity contribution in [3.8, 4) is 28.4 Å². The number of rotatable bonds is 9. The normalized spacial score (nSPS) is 10.8. The van der Waals surface area contributed by atoms with Crippen LogP contribution in [0.2, 0.25) is 0 Å². The number of benzene rings is 3. The molecule has 1 N–H and O–H groups in total. The van der Waals surface area contributed by atoms with Crippen molar-refractivity contribution in [1.29, 1.82) is 0 Å². The molecule has 6 heteroatoms. The van der Waals surface area contributed by atoms with E-state index >= 15 is 0 Å². The third-order valence-corrected chi connectivity index (χ3v) is 4.28. The summed E-state index contributed by atoms with van der Waals surface area (Å²) >= 11 is 0. The molecular weight excluding hydrogens is 392 g/mol. The molecule has 31 heavy (non-hydrogen) atoms. The van der Waals surface area contributed by atoms with Gasteiger partial charge in [-0.3, -0.25) is 4.79 Å². The molecule has 0 saturated heterocycles. The van der Waals surface area contributed by atoms with Crippen LogP contribution in [0.3, 0.4) is 0 Å². The van der Waals surface area contributed by atoms with Crippen molar-refractivity contribution in [2.75, 3.05) is 13.7 Å². The van der Waals surface area contributed by atoms with Crippen LogP contribution in [0.15, 0.2) is 77.9 Å². The highest BCUT2D eigenvalue weighted by Gasteiger charge is 2.09. The highest BCUT2D eigenvalue weighted by Crippen LogP contribution is 2.30. The van der Waals surface area contributed by atoms with Gasteiger partial charge in [-0.05, 0) is 49.2 Å². The summed E-state index contributed by atoms with van der Waals surface area (Å²) < 4.78 is 16.8. The van der Waals surface area contributed by atoms with Gasteiger partial charge >= 0.3 is 0 Å². The summed E-state index contributed by atoms with van der Waals surface area (Å²) in [6, 6.07) is 22.9. The number of hydrazone groups is 1. The van der Waals surface area contributed by atoms with Crippen LogP contribution in [0, 0.1) is 0 Å². The van der Waals surface area contributed by atoms with E-state index in [9.17, 15) is 4.79 Å². The first-order valence-corrected chi connectivity index (χ1v) is 10.0. The van der Waals surface area contributed by atoms with E-state index in [1.54, 1.807) is 13.2 Å². The molecule has 6 nitrogen and oxygen atoms in total. The Balaban J connectivity index is 1.57. The molecule has 0 saturated carbocycles. The molecule has 0 radical (unpaired) electrons. The molecule has 0 aromatic heterocycles. The van der Waals surface area contributed by atoms with E-state index in [4.69, 9.17) is 14.2 Å². The molecule has 0 aliphatic rings. The number of hydrogen-bond acceptors (Lipinski definition) is 5. The van der Waals surface area contributed by atoms with Crippen molar-refractivity contribution in [1.82, 2.24) is 5.43 Å². The number of carbonyl (C=O) groups excluding carboxylic acids is 1. The van der Waals surface area contributed by atoms with Crippen LogP contribution < -0.4 is 19.6 Å². The number of para-hydroxylation sites is 1. The molecule has 0 heterocycles. The van der Waals surface area contributed by atoms with Gasteiger partial charge in [0.15, 0.2) is 18.1 Å². The predicted molar refractivity (Wildman–Crippen MR) is 122 cm³/mol.